The number of anilines is 2. The van der Waals surface area contributed by atoms with Crippen molar-refractivity contribution in [2.24, 2.45) is 0 Å². The monoisotopic (exact) mass is 550 g/mol. The van der Waals surface area contributed by atoms with Crippen LogP contribution >= 0.6 is 0 Å². The minimum atomic E-state index is 0.331. The van der Waals surface area contributed by atoms with E-state index in [1.54, 1.807) is 0 Å². The maximum absolute atomic E-state index is 11.9. The maximum atomic E-state index is 11.9. The van der Waals surface area contributed by atoms with Crippen molar-refractivity contribution in [3.8, 4) is 0 Å². The lowest BCUT2D eigenvalue weighted by atomic mass is 9.91. The topological polar surface area (TPSA) is 26.7 Å². The average molecular weight is 551 g/mol. The van der Waals surface area contributed by atoms with Gasteiger partial charge in [-0.05, 0) is 70.4 Å². The lowest BCUT2D eigenvalue weighted by molar-refractivity contribution is 0.422. The Morgan fingerprint density at radius 2 is 1.05 bits per heavy atom. The second-order valence-corrected chi connectivity index (χ2v) is 12.6. The molecule has 0 aliphatic carbocycles. The van der Waals surface area contributed by atoms with Gasteiger partial charge in [0.15, 0.2) is 11.6 Å². The molecule has 3 aromatic rings. The Kier molecular flexibility index (Phi) is 10.0. The fourth-order valence-corrected chi connectivity index (χ4v) is 6.08. The summed E-state index contributed by atoms with van der Waals surface area (Å²) in [6, 6.07) is 24.0. The van der Waals surface area contributed by atoms with Gasteiger partial charge in [0.1, 0.15) is 0 Å². The van der Waals surface area contributed by atoms with Crippen LogP contribution in [0.1, 0.15) is 113 Å². The number of rotatable bonds is 10. The highest BCUT2D eigenvalue weighted by Crippen LogP contribution is 2.44. The number of hydrogen-bond donors (Lipinski definition) is 1. The Balaban J connectivity index is 1.88. The summed E-state index contributed by atoms with van der Waals surface area (Å²) in [4.78, 5) is 4.81. The molecule has 1 aliphatic heterocycles. The van der Waals surface area contributed by atoms with Gasteiger partial charge < -0.3 is 14.9 Å². The first-order valence-corrected chi connectivity index (χ1v) is 15.6. The van der Waals surface area contributed by atoms with Crippen LogP contribution in [0.15, 0.2) is 90.5 Å². The number of para-hydroxylation sites is 2. The molecule has 0 radical (unpaired) electrons. The Bertz CT molecular complexity index is 1240. The van der Waals surface area contributed by atoms with E-state index in [4.69, 9.17) is 0 Å². The number of hydrogen-bond acceptors (Lipinski definition) is 3. The highest BCUT2D eigenvalue weighted by Gasteiger charge is 2.35. The van der Waals surface area contributed by atoms with Gasteiger partial charge in [0, 0.05) is 24.5 Å². The minimum Gasteiger partial charge on any atom is -0.504 e. The average Bonchev–Trinajstić information content (AvgIpc) is 3.39. The number of benzene rings is 3. The van der Waals surface area contributed by atoms with Crippen LogP contribution in [0, 0.1) is 0 Å². The molecule has 218 valence electrons. The molecule has 1 saturated heterocycles. The summed E-state index contributed by atoms with van der Waals surface area (Å²) in [7, 11) is 0. The highest BCUT2D eigenvalue weighted by molar-refractivity contribution is 5.74. The van der Waals surface area contributed by atoms with Crippen LogP contribution in [0.4, 0.5) is 11.4 Å². The van der Waals surface area contributed by atoms with Crippen LogP contribution in [0.3, 0.4) is 0 Å². The highest BCUT2D eigenvalue weighted by atomic mass is 16.3. The number of aliphatic hydroxyl groups is 1. The summed E-state index contributed by atoms with van der Waals surface area (Å²) in [6.07, 6.45) is 5.89. The van der Waals surface area contributed by atoms with E-state index in [-0.39, 0.29) is 0 Å². The third-order valence-electron chi connectivity index (χ3n) is 8.23. The second-order valence-electron chi connectivity index (χ2n) is 12.6. The van der Waals surface area contributed by atoms with Gasteiger partial charge in [-0.15, -0.1) is 0 Å². The van der Waals surface area contributed by atoms with E-state index < -0.39 is 0 Å². The van der Waals surface area contributed by atoms with Gasteiger partial charge in [0.05, 0.1) is 0 Å². The number of nitrogens with zero attached hydrogens (tertiary/aromatic N) is 2. The Labute approximate surface area is 249 Å². The summed E-state index contributed by atoms with van der Waals surface area (Å²) in [6.45, 7) is 19.8. The molecule has 41 heavy (non-hydrogen) atoms. The summed E-state index contributed by atoms with van der Waals surface area (Å²) in [5.74, 6) is 2.71. The first-order chi connectivity index (χ1) is 19.6. The first kappa shape index (κ1) is 30.5. The van der Waals surface area contributed by atoms with Crippen LogP contribution in [-0.4, -0.2) is 18.2 Å². The van der Waals surface area contributed by atoms with Crippen molar-refractivity contribution in [2.45, 2.75) is 91.9 Å². The van der Waals surface area contributed by atoms with E-state index in [1.807, 2.05) is 6.08 Å². The standard InChI is InChI=1S/C38H50N2O/c1-26(2)31-19-14-20-32(27(3)4)36(31)39-24-25-40(37-33(28(5)6)21-15-22-34(37)29(7)8)38(39)35(41)23-13-12-18-30-16-10-9-11-17-30/h9-11,13-17,19-23,26-29,41H,12,18,24-25H2,1-8H3/b23-13+. The molecule has 0 unspecified atom stereocenters. The summed E-state index contributed by atoms with van der Waals surface area (Å²) >= 11 is 0. The molecule has 1 N–H and O–H groups in total. The minimum absolute atomic E-state index is 0.331. The molecule has 0 atom stereocenters. The molecule has 1 heterocycles. The quantitative estimate of drug-likeness (QED) is 0.254. The molecule has 0 bridgehead atoms. The molecule has 4 rings (SSSR count). The third-order valence-corrected chi connectivity index (χ3v) is 8.23. The van der Waals surface area contributed by atoms with Gasteiger partial charge >= 0.3 is 0 Å². The van der Waals surface area contributed by atoms with Crippen molar-refractivity contribution in [3.05, 3.63) is 118 Å². The summed E-state index contributed by atoms with van der Waals surface area (Å²) in [5.41, 5.74) is 9.15. The van der Waals surface area contributed by atoms with E-state index in [9.17, 15) is 5.11 Å². The van der Waals surface area contributed by atoms with Crippen molar-refractivity contribution in [2.75, 3.05) is 22.9 Å². The molecule has 0 aromatic heterocycles. The van der Waals surface area contributed by atoms with E-state index >= 15 is 0 Å². The van der Waals surface area contributed by atoms with Gasteiger partial charge in [0.2, 0.25) is 0 Å². The van der Waals surface area contributed by atoms with Crippen molar-refractivity contribution < 1.29 is 5.11 Å². The van der Waals surface area contributed by atoms with Crippen LogP contribution in [0.2, 0.25) is 0 Å². The van der Waals surface area contributed by atoms with Crippen LogP contribution in [-0.2, 0) is 6.42 Å². The Morgan fingerprint density at radius 1 is 0.634 bits per heavy atom. The molecule has 3 nitrogen and oxygen atoms in total. The fraction of sp³-hybridized carbons (Fsp3) is 0.421. The fourth-order valence-electron chi connectivity index (χ4n) is 6.08. The molecule has 0 amide bonds. The predicted molar refractivity (Wildman–Crippen MR) is 177 cm³/mol. The van der Waals surface area contributed by atoms with E-state index in [1.165, 1.54) is 39.2 Å². The summed E-state index contributed by atoms with van der Waals surface area (Å²) in [5, 5.41) is 11.9. The number of aryl methyl sites for hydroxylation is 1. The molecule has 1 fully saturated rings. The molecule has 3 aromatic carbocycles. The van der Waals surface area contributed by atoms with Crippen LogP contribution < -0.4 is 9.80 Å². The Morgan fingerprint density at radius 3 is 1.44 bits per heavy atom. The molecule has 0 saturated carbocycles. The van der Waals surface area contributed by atoms with Gasteiger partial charge in [-0.25, -0.2) is 0 Å². The van der Waals surface area contributed by atoms with E-state index in [0.29, 0.717) is 29.4 Å². The molecule has 3 heteroatoms. The SMILES string of the molecule is CC(C)c1cccc(C(C)C)c1N1CCN(c2c(C(C)C)cccc2C(C)C)C1=C(O)/C=C/CCc1ccccc1. The lowest BCUT2D eigenvalue weighted by Crippen LogP contribution is -2.28. The van der Waals surface area contributed by atoms with Crippen molar-refractivity contribution in [1.82, 2.24) is 0 Å². The molecular formula is C38H50N2O. The maximum Gasteiger partial charge on any atom is 0.156 e. The van der Waals surface area contributed by atoms with Gasteiger partial charge in [0.25, 0.3) is 0 Å². The largest absolute Gasteiger partial charge is 0.504 e. The molecule has 1 aliphatic rings. The number of aliphatic hydroxyl groups excluding tert-OH is 1. The number of allylic oxidation sites excluding steroid dienone is 2. The first-order valence-electron chi connectivity index (χ1n) is 15.6. The van der Waals surface area contributed by atoms with Crippen molar-refractivity contribution >= 4 is 11.4 Å². The summed E-state index contributed by atoms with van der Waals surface area (Å²) < 4.78 is 0. The third kappa shape index (κ3) is 6.72. The second kappa shape index (κ2) is 13.5. The zero-order chi connectivity index (χ0) is 29.7. The van der Waals surface area contributed by atoms with Crippen LogP contribution in [0.5, 0.6) is 0 Å². The van der Waals surface area contributed by atoms with Gasteiger partial charge in [-0.3, -0.25) is 0 Å². The zero-order valence-corrected chi connectivity index (χ0v) is 26.5. The van der Waals surface area contributed by atoms with Crippen molar-refractivity contribution in [1.29, 1.82) is 0 Å². The normalized spacial score (nSPS) is 14.1. The zero-order valence-electron chi connectivity index (χ0n) is 26.5. The van der Waals surface area contributed by atoms with E-state index in [0.717, 1.165) is 31.8 Å². The van der Waals surface area contributed by atoms with Gasteiger partial charge in [-0.1, -0.05) is 128 Å². The molecular weight excluding hydrogens is 500 g/mol. The lowest BCUT2D eigenvalue weighted by Gasteiger charge is -2.33. The molecule has 0 spiro atoms. The van der Waals surface area contributed by atoms with Gasteiger partial charge in [-0.2, -0.15) is 0 Å². The van der Waals surface area contributed by atoms with E-state index in [2.05, 4.69) is 138 Å². The van der Waals surface area contributed by atoms with Crippen molar-refractivity contribution in [3.63, 3.8) is 0 Å². The smallest absolute Gasteiger partial charge is 0.156 e. The predicted octanol–water partition coefficient (Wildman–Crippen LogP) is 10.4. The Hall–Kier alpha value is -3.46. The van der Waals surface area contributed by atoms with Crippen LogP contribution in [0.25, 0.3) is 0 Å².